The lowest BCUT2D eigenvalue weighted by molar-refractivity contribution is 0.0778. The molecule has 0 bridgehead atoms. The molecule has 1 fully saturated rings. The molecule has 154 valence electrons. The highest BCUT2D eigenvalue weighted by Gasteiger charge is 2.41. The molecule has 5 nitrogen and oxygen atoms in total. The lowest BCUT2D eigenvalue weighted by Gasteiger charge is -2.43. The zero-order valence-corrected chi connectivity index (χ0v) is 17.1. The fraction of sp³-hybridized carbons (Fsp3) is 0.320. The van der Waals surface area contributed by atoms with Crippen molar-refractivity contribution in [2.24, 2.45) is 4.99 Å². The van der Waals surface area contributed by atoms with Crippen molar-refractivity contribution in [1.82, 2.24) is 0 Å². The van der Waals surface area contributed by atoms with Crippen molar-refractivity contribution in [1.29, 1.82) is 0 Å². The summed E-state index contributed by atoms with van der Waals surface area (Å²) in [4.78, 5) is 5.05. The zero-order valence-electron chi connectivity index (χ0n) is 17.1. The standard InChI is InChI=1S/C25H27N3O2/c1-2-9-20(10-3-1)30-23-13-7-4-8-19(23)18-26-24-25(14-16-29-17-15-25)28-22-12-6-5-11-21(22)27-24/h2,4-13,28H,1,3,14-18H2,(H,26,27). The van der Waals surface area contributed by atoms with E-state index in [1.54, 1.807) is 0 Å². The van der Waals surface area contributed by atoms with Crippen molar-refractivity contribution in [2.45, 2.75) is 37.8 Å². The van der Waals surface area contributed by atoms with E-state index >= 15 is 0 Å². The van der Waals surface area contributed by atoms with Gasteiger partial charge in [-0.15, -0.1) is 0 Å². The summed E-state index contributed by atoms with van der Waals surface area (Å²) < 4.78 is 11.8. The van der Waals surface area contributed by atoms with Crippen molar-refractivity contribution in [2.75, 3.05) is 23.8 Å². The maximum absolute atomic E-state index is 6.17. The minimum Gasteiger partial charge on any atom is -0.457 e. The van der Waals surface area contributed by atoms with Crippen LogP contribution in [0.1, 0.15) is 31.2 Å². The first kappa shape index (κ1) is 18.9. The molecule has 0 radical (unpaired) electrons. The predicted molar refractivity (Wildman–Crippen MR) is 121 cm³/mol. The van der Waals surface area contributed by atoms with Crippen molar-refractivity contribution < 1.29 is 9.47 Å². The molecule has 2 aromatic rings. The molecule has 5 heteroatoms. The summed E-state index contributed by atoms with van der Waals surface area (Å²) in [5.74, 6) is 2.76. The Kier molecular flexibility index (Phi) is 5.28. The molecule has 3 aliphatic rings. The quantitative estimate of drug-likeness (QED) is 0.731. The molecule has 0 saturated carbocycles. The molecule has 5 rings (SSSR count). The van der Waals surface area contributed by atoms with Gasteiger partial charge in [-0.1, -0.05) is 36.4 Å². The van der Waals surface area contributed by atoms with Gasteiger partial charge in [0.05, 0.1) is 23.5 Å². The van der Waals surface area contributed by atoms with Crippen molar-refractivity contribution >= 4 is 17.2 Å². The fourth-order valence-corrected chi connectivity index (χ4v) is 4.23. The van der Waals surface area contributed by atoms with Crippen LogP contribution in [0.25, 0.3) is 0 Å². The zero-order chi connectivity index (χ0) is 20.2. The van der Waals surface area contributed by atoms with Crippen LogP contribution in [0, 0.1) is 0 Å². The van der Waals surface area contributed by atoms with Crippen LogP contribution in [0.5, 0.6) is 5.75 Å². The van der Waals surface area contributed by atoms with E-state index in [1.807, 2.05) is 30.3 Å². The number of fused-ring (bicyclic) bond motifs is 1. The number of para-hydroxylation sites is 3. The van der Waals surface area contributed by atoms with E-state index in [1.165, 1.54) is 0 Å². The van der Waals surface area contributed by atoms with Crippen LogP contribution in [0.3, 0.4) is 0 Å². The van der Waals surface area contributed by atoms with Gasteiger partial charge >= 0.3 is 0 Å². The number of nitrogens with one attached hydrogen (secondary N) is 2. The molecule has 1 aliphatic carbocycles. The Labute approximate surface area is 177 Å². The van der Waals surface area contributed by atoms with Crippen molar-refractivity contribution in [3.63, 3.8) is 0 Å². The molecule has 30 heavy (non-hydrogen) atoms. The van der Waals surface area contributed by atoms with Gasteiger partial charge in [-0.3, -0.25) is 4.99 Å². The Balaban J connectivity index is 1.43. The van der Waals surface area contributed by atoms with E-state index < -0.39 is 0 Å². The lowest BCUT2D eigenvalue weighted by Crippen LogP contribution is -2.55. The number of ether oxygens (including phenoxy) is 2. The second-order valence-electron chi connectivity index (χ2n) is 7.95. The molecule has 0 amide bonds. The molecule has 2 heterocycles. The summed E-state index contributed by atoms with van der Waals surface area (Å²) in [6.07, 6.45) is 10.2. The van der Waals surface area contributed by atoms with Crippen LogP contribution in [-0.2, 0) is 11.3 Å². The summed E-state index contributed by atoms with van der Waals surface area (Å²) in [5, 5.41) is 7.35. The third kappa shape index (κ3) is 3.85. The molecule has 2 aliphatic heterocycles. The normalized spacial score (nSPS) is 20.8. The highest BCUT2D eigenvalue weighted by molar-refractivity contribution is 6.09. The average molecular weight is 402 g/mol. The molecule has 1 saturated heterocycles. The molecule has 1 spiro atoms. The van der Waals surface area contributed by atoms with Crippen molar-refractivity contribution in [3.8, 4) is 5.75 Å². The van der Waals surface area contributed by atoms with Crippen LogP contribution in [-0.4, -0.2) is 24.6 Å². The molecule has 0 aromatic heterocycles. The van der Waals surface area contributed by atoms with Gasteiger partial charge in [-0.05, 0) is 43.2 Å². The number of aliphatic imine (C=N–C) groups is 1. The van der Waals surface area contributed by atoms with E-state index in [-0.39, 0.29) is 5.54 Å². The molecule has 0 unspecified atom stereocenters. The van der Waals surface area contributed by atoms with E-state index in [4.69, 9.17) is 14.5 Å². The van der Waals surface area contributed by atoms with Gasteiger partial charge in [0.1, 0.15) is 17.3 Å². The second kappa shape index (κ2) is 8.36. The first-order chi connectivity index (χ1) is 14.8. The minimum absolute atomic E-state index is 0.211. The third-order valence-electron chi connectivity index (χ3n) is 5.92. The number of rotatable bonds is 4. The Morgan fingerprint density at radius 1 is 0.967 bits per heavy atom. The lowest BCUT2D eigenvalue weighted by atomic mass is 9.86. The van der Waals surface area contributed by atoms with Gasteiger partial charge in [-0.25, -0.2) is 0 Å². The highest BCUT2D eigenvalue weighted by atomic mass is 16.5. The summed E-state index contributed by atoms with van der Waals surface area (Å²) in [6, 6.07) is 16.5. The summed E-state index contributed by atoms with van der Waals surface area (Å²) in [6.45, 7) is 2.02. The monoisotopic (exact) mass is 401 g/mol. The SMILES string of the molecule is C1=CC(Oc2ccccc2CN=C2Nc3ccccc3NC23CCOCC3)=CCC1. The maximum Gasteiger partial charge on any atom is 0.132 e. The van der Waals surface area contributed by atoms with E-state index in [0.717, 1.165) is 73.2 Å². The number of anilines is 2. The van der Waals surface area contributed by atoms with Gasteiger partial charge in [0.15, 0.2) is 0 Å². The Hall–Kier alpha value is -3.05. The van der Waals surface area contributed by atoms with Crippen LogP contribution >= 0.6 is 0 Å². The Bertz CT molecular complexity index is 1000. The van der Waals surface area contributed by atoms with E-state index in [9.17, 15) is 0 Å². The largest absolute Gasteiger partial charge is 0.457 e. The minimum atomic E-state index is -0.211. The van der Waals surface area contributed by atoms with E-state index in [0.29, 0.717) is 6.54 Å². The first-order valence-electron chi connectivity index (χ1n) is 10.7. The second-order valence-corrected chi connectivity index (χ2v) is 7.95. The number of nitrogens with zero attached hydrogens (tertiary/aromatic N) is 1. The van der Waals surface area contributed by atoms with Gasteiger partial charge in [0.25, 0.3) is 0 Å². The van der Waals surface area contributed by atoms with Crippen LogP contribution in [0.2, 0.25) is 0 Å². The molecular formula is C25H27N3O2. The van der Waals surface area contributed by atoms with Gasteiger partial charge in [0, 0.05) is 31.6 Å². The molecule has 2 N–H and O–H groups in total. The van der Waals surface area contributed by atoms with Crippen molar-refractivity contribution in [3.05, 3.63) is 78.1 Å². The topological polar surface area (TPSA) is 54.9 Å². The molecule has 2 aromatic carbocycles. The maximum atomic E-state index is 6.17. The summed E-state index contributed by atoms with van der Waals surface area (Å²) >= 11 is 0. The number of amidine groups is 1. The number of allylic oxidation sites excluding steroid dienone is 3. The number of hydrogen-bond acceptors (Lipinski definition) is 4. The number of hydrogen-bond donors (Lipinski definition) is 2. The predicted octanol–water partition coefficient (Wildman–Crippen LogP) is 5.28. The Morgan fingerprint density at radius 2 is 1.77 bits per heavy atom. The summed E-state index contributed by atoms with van der Waals surface area (Å²) in [7, 11) is 0. The Morgan fingerprint density at radius 3 is 2.60 bits per heavy atom. The molecular weight excluding hydrogens is 374 g/mol. The third-order valence-corrected chi connectivity index (χ3v) is 5.92. The van der Waals surface area contributed by atoms with Crippen LogP contribution in [0.4, 0.5) is 11.4 Å². The fourth-order valence-electron chi connectivity index (χ4n) is 4.23. The number of benzene rings is 2. The highest BCUT2D eigenvalue weighted by Crippen LogP contribution is 2.36. The smallest absolute Gasteiger partial charge is 0.132 e. The van der Waals surface area contributed by atoms with Gasteiger partial charge in [0.2, 0.25) is 0 Å². The first-order valence-corrected chi connectivity index (χ1v) is 10.7. The average Bonchev–Trinajstić information content (AvgIpc) is 2.80. The van der Waals surface area contributed by atoms with Crippen LogP contribution < -0.4 is 15.4 Å². The van der Waals surface area contributed by atoms with Gasteiger partial charge in [-0.2, -0.15) is 0 Å². The van der Waals surface area contributed by atoms with Crippen LogP contribution in [0.15, 0.2) is 77.5 Å². The summed E-state index contributed by atoms with van der Waals surface area (Å²) in [5.41, 5.74) is 3.05. The van der Waals surface area contributed by atoms with E-state index in [2.05, 4.69) is 47.1 Å². The van der Waals surface area contributed by atoms with Gasteiger partial charge < -0.3 is 20.1 Å². The molecule has 0 atom stereocenters.